The standard InChI is InChI=1S/C10H12N6O2/c1-6-3-4-12-9(7(6)8(11)15-17)18-10-13-5-16(2)14-10/h3-5,17H,1-2H3,(H2,11,15). The first kappa shape index (κ1) is 11.8. The highest BCUT2D eigenvalue weighted by molar-refractivity contribution is 6.00. The molecule has 0 aromatic carbocycles. The highest BCUT2D eigenvalue weighted by Crippen LogP contribution is 2.22. The number of ether oxygens (including phenoxy) is 1. The fourth-order valence-corrected chi connectivity index (χ4v) is 1.43. The lowest BCUT2D eigenvalue weighted by Gasteiger charge is -2.08. The lowest BCUT2D eigenvalue weighted by atomic mass is 10.1. The van der Waals surface area contributed by atoms with Crippen LogP contribution >= 0.6 is 0 Å². The van der Waals surface area contributed by atoms with Gasteiger partial charge in [0.2, 0.25) is 5.88 Å². The molecule has 3 N–H and O–H groups in total. The molecule has 0 bridgehead atoms. The second-order valence-electron chi connectivity index (χ2n) is 3.60. The van der Waals surface area contributed by atoms with Gasteiger partial charge in [-0.3, -0.25) is 4.68 Å². The van der Waals surface area contributed by atoms with Crippen LogP contribution in [0.3, 0.4) is 0 Å². The second kappa shape index (κ2) is 4.70. The molecule has 0 saturated heterocycles. The molecule has 0 fully saturated rings. The van der Waals surface area contributed by atoms with E-state index in [2.05, 4.69) is 20.2 Å². The molecule has 2 aromatic rings. The largest absolute Gasteiger partial charge is 0.409 e. The Morgan fingerprint density at radius 2 is 2.28 bits per heavy atom. The lowest BCUT2D eigenvalue weighted by Crippen LogP contribution is -2.16. The normalized spacial score (nSPS) is 11.6. The number of oxime groups is 1. The van der Waals surface area contributed by atoms with Crippen molar-refractivity contribution in [3.8, 4) is 11.9 Å². The number of aromatic nitrogens is 4. The van der Waals surface area contributed by atoms with Crippen molar-refractivity contribution in [3.63, 3.8) is 0 Å². The molecule has 8 heteroatoms. The molecule has 0 spiro atoms. The summed E-state index contributed by atoms with van der Waals surface area (Å²) in [6.07, 6.45) is 3.05. The van der Waals surface area contributed by atoms with E-state index in [1.54, 1.807) is 26.2 Å². The van der Waals surface area contributed by atoms with Gasteiger partial charge in [-0.2, -0.15) is 4.98 Å². The van der Waals surface area contributed by atoms with Gasteiger partial charge in [-0.15, -0.1) is 5.10 Å². The number of hydrogen-bond acceptors (Lipinski definition) is 6. The predicted octanol–water partition coefficient (Wildman–Crippen LogP) is 0.405. The van der Waals surface area contributed by atoms with Gasteiger partial charge in [0.1, 0.15) is 6.33 Å². The van der Waals surface area contributed by atoms with Crippen LogP contribution in [0, 0.1) is 6.92 Å². The lowest BCUT2D eigenvalue weighted by molar-refractivity contribution is 0.318. The van der Waals surface area contributed by atoms with Gasteiger partial charge < -0.3 is 15.7 Å². The van der Waals surface area contributed by atoms with Crippen LogP contribution in [0.2, 0.25) is 0 Å². The van der Waals surface area contributed by atoms with Crippen molar-refractivity contribution in [2.24, 2.45) is 17.9 Å². The van der Waals surface area contributed by atoms with Crippen LogP contribution in [0.4, 0.5) is 0 Å². The van der Waals surface area contributed by atoms with Crippen LogP contribution in [-0.4, -0.2) is 30.8 Å². The third kappa shape index (κ3) is 2.21. The van der Waals surface area contributed by atoms with Crippen molar-refractivity contribution in [1.82, 2.24) is 19.7 Å². The van der Waals surface area contributed by atoms with Crippen molar-refractivity contribution in [2.75, 3.05) is 0 Å². The highest BCUT2D eigenvalue weighted by Gasteiger charge is 2.15. The molecule has 0 aliphatic rings. The van der Waals surface area contributed by atoms with Crippen molar-refractivity contribution >= 4 is 5.84 Å². The minimum Gasteiger partial charge on any atom is -0.409 e. The number of nitrogens with two attached hydrogens (primary N) is 1. The summed E-state index contributed by atoms with van der Waals surface area (Å²) in [6.45, 7) is 1.80. The third-order valence-corrected chi connectivity index (χ3v) is 2.25. The predicted molar refractivity (Wildman–Crippen MR) is 62.6 cm³/mol. The van der Waals surface area contributed by atoms with E-state index in [0.717, 1.165) is 5.56 Å². The molecule has 0 aliphatic heterocycles. The van der Waals surface area contributed by atoms with E-state index in [1.807, 2.05) is 0 Å². The average Bonchev–Trinajstić information content (AvgIpc) is 2.74. The second-order valence-corrected chi connectivity index (χ2v) is 3.60. The van der Waals surface area contributed by atoms with Crippen molar-refractivity contribution < 1.29 is 9.94 Å². The molecule has 0 saturated carbocycles. The molecular weight excluding hydrogens is 236 g/mol. The Hall–Kier alpha value is -2.64. The van der Waals surface area contributed by atoms with E-state index in [9.17, 15) is 0 Å². The van der Waals surface area contributed by atoms with E-state index in [4.69, 9.17) is 15.7 Å². The summed E-state index contributed by atoms with van der Waals surface area (Å²) in [5.41, 5.74) is 6.77. The van der Waals surface area contributed by atoms with Crippen LogP contribution < -0.4 is 10.5 Å². The monoisotopic (exact) mass is 248 g/mol. The molecule has 0 aliphatic carbocycles. The molecule has 0 radical (unpaired) electrons. The maximum Gasteiger partial charge on any atom is 0.342 e. The van der Waals surface area contributed by atoms with Gasteiger partial charge in [0.25, 0.3) is 0 Å². The van der Waals surface area contributed by atoms with Gasteiger partial charge in [0.05, 0.1) is 5.56 Å². The highest BCUT2D eigenvalue weighted by atomic mass is 16.5. The Morgan fingerprint density at radius 3 is 2.89 bits per heavy atom. The van der Waals surface area contributed by atoms with E-state index < -0.39 is 0 Å². The summed E-state index contributed by atoms with van der Waals surface area (Å²) < 4.78 is 6.90. The van der Waals surface area contributed by atoms with Crippen LogP contribution in [0.5, 0.6) is 11.9 Å². The average molecular weight is 248 g/mol. The third-order valence-electron chi connectivity index (χ3n) is 2.25. The van der Waals surface area contributed by atoms with Gasteiger partial charge in [-0.25, -0.2) is 4.98 Å². The zero-order valence-corrected chi connectivity index (χ0v) is 9.90. The number of amidine groups is 1. The first-order valence-electron chi connectivity index (χ1n) is 5.09. The van der Waals surface area contributed by atoms with Crippen LogP contribution in [0.1, 0.15) is 11.1 Å². The zero-order chi connectivity index (χ0) is 13.1. The van der Waals surface area contributed by atoms with Crippen molar-refractivity contribution in [3.05, 3.63) is 29.7 Å². The van der Waals surface area contributed by atoms with Crippen LogP contribution in [-0.2, 0) is 7.05 Å². The molecule has 2 rings (SSSR count). The minimum absolute atomic E-state index is 0.0773. The maximum atomic E-state index is 8.75. The molecule has 0 atom stereocenters. The van der Waals surface area contributed by atoms with Gasteiger partial charge in [-0.05, 0) is 18.6 Å². The first-order chi connectivity index (χ1) is 8.61. The molecule has 18 heavy (non-hydrogen) atoms. The van der Waals surface area contributed by atoms with E-state index in [0.29, 0.717) is 5.56 Å². The van der Waals surface area contributed by atoms with E-state index in [1.165, 1.54) is 11.0 Å². The molecule has 94 valence electrons. The van der Waals surface area contributed by atoms with E-state index in [-0.39, 0.29) is 17.7 Å². The molecule has 8 nitrogen and oxygen atoms in total. The zero-order valence-electron chi connectivity index (χ0n) is 9.90. The minimum atomic E-state index is -0.0773. The Balaban J connectivity index is 2.41. The molecule has 0 amide bonds. The SMILES string of the molecule is Cc1ccnc(Oc2ncn(C)n2)c1/C(N)=N/O. The van der Waals surface area contributed by atoms with Gasteiger partial charge in [0, 0.05) is 13.2 Å². The fraction of sp³-hybridized carbons (Fsp3) is 0.200. The summed E-state index contributed by atoms with van der Waals surface area (Å²) >= 11 is 0. The smallest absolute Gasteiger partial charge is 0.342 e. The molecule has 2 aromatic heterocycles. The quantitative estimate of drug-likeness (QED) is 0.352. The maximum absolute atomic E-state index is 8.75. The van der Waals surface area contributed by atoms with Gasteiger partial charge in [-0.1, -0.05) is 5.16 Å². The van der Waals surface area contributed by atoms with E-state index >= 15 is 0 Å². The fourth-order valence-electron chi connectivity index (χ4n) is 1.43. The molecular formula is C10H12N6O2. The molecule has 0 unspecified atom stereocenters. The first-order valence-corrected chi connectivity index (χ1v) is 5.09. The topological polar surface area (TPSA) is 111 Å². The Morgan fingerprint density at radius 1 is 1.50 bits per heavy atom. The van der Waals surface area contributed by atoms with Crippen LogP contribution in [0.25, 0.3) is 0 Å². The number of hydrogen-bond donors (Lipinski definition) is 2. The molecule has 2 heterocycles. The number of nitrogens with zero attached hydrogens (tertiary/aromatic N) is 5. The number of pyridine rings is 1. The van der Waals surface area contributed by atoms with Crippen LogP contribution in [0.15, 0.2) is 23.7 Å². The summed E-state index contributed by atoms with van der Waals surface area (Å²) in [5.74, 6) is 0.114. The Kier molecular flexibility index (Phi) is 3.09. The van der Waals surface area contributed by atoms with Gasteiger partial charge >= 0.3 is 6.01 Å². The summed E-state index contributed by atoms with van der Waals surface area (Å²) in [5, 5.41) is 15.7. The van der Waals surface area contributed by atoms with Crippen molar-refractivity contribution in [2.45, 2.75) is 6.92 Å². The summed E-state index contributed by atoms with van der Waals surface area (Å²) in [7, 11) is 1.72. The van der Waals surface area contributed by atoms with Crippen molar-refractivity contribution in [1.29, 1.82) is 0 Å². The Labute approximate surface area is 103 Å². The summed E-state index contributed by atoms with van der Waals surface area (Å²) in [6, 6.07) is 1.87. The Bertz CT molecular complexity index is 592. The van der Waals surface area contributed by atoms with Gasteiger partial charge in [0.15, 0.2) is 5.84 Å². The number of aryl methyl sites for hydroxylation is 2. The number of rotatable bonds is 3. The summed E-state index contributed by atoms with van der Waals surface area (Å²) in [4.78, 5) is 7.94.